The fraction of sp³-hybridized carbons (Fsp3) is 0.438. The second kappa shape index (κ2) is 12.7. The number of nitrogens with one attached hydrogen (secondary N) is 1. The van der Waals surface area contributed by atoms with Gasteiger partial charge in [-0.05, 0) is 89.6 Å². The molecule has 1 aliphatic heterocycles. The molecule has 4 heterocycles. The molecule has 1 aromatic carbocycles. The van der Waals surface area contributed by atoms with Crippen LogP contribution in [-0.2, 0) is 6.54 Å². The van der Waals surface area contributed by atoms with Gasteiger partial charge in [0, 0.05) is 31.7 Å². The summed E-state index contributed by atoms with van der Waals surface area (Å²) < 4.78 is 22.8. The zero-order valence-corrected chi connectivity index (χ0v) is 25.5. The van der Waals surface area contributed by atoms with Crippen LogP contribution in [0, 0.1) is 5.82 Å². The molecule has 228 valence electrons. The van der Waals surface area contributed by atoms with Crippen molar-refractivity contribution in [2.24, 2.45) is 0 Å². The van der Waals surface area contributed by atoms with Crippen LogP contribution in [0.15, 0.2) is 48.9 Å². The first kappa shape index (κ1) is 30.5. The Morgan fingerprint density at radius 2 is 1.95 bits per heavy atom. The molecular weight excluding hydrogens is 549 g/mol. The number of methoxy groups -OCH3 is 1. The second-order valence-corrected chi connectivity index (χ2v) is 12.1. The largest absolute Gasteiger partial charge is 0.496 e. The molecule has 0 bridgehead atoms. The highest BCUT2D eigenvalue weighted by Crippen LogP contribution is 2.33. The van der Waals surface area contributed by atoms with Crippen LogP contribution in [0.2, 0.25) is 0 Å². The van der Waals surface area contributed by atoms with Crippen LogP contribution in [0.5, 0.6) is 5.75 Å². The molecule has 1 fully saturated rings. The van der Waals surface area contributed by atoms with E-state index in [-0.39, 0.29) is 23.8 Å². The van der Waals surface area contributed by atoms with Gasteiger partial charge >= 0.3 is 0 Å². The molecule has 0 spiro atoms. The van der Waals surface area contributed by atoms with E-state index < -0.39 is 17.3 Å². The molecule has 1 amide bonds. The molecule has 0 saturated carbocycles. The third-order valence-corrected chi connectivity index (χ3v) is 7.86. The van der Waals surface area contributed by atoms with E-state index in [9.17, 15) is 9.90 Å². The number of hydrogen-bond acceptors (Lipinski definition) is 8. The van der Waals surface area contributed by atoms with E-state index in [1.165, 1.54) is 37.3 Å². The van der Waals surface area contributed by atoms with Crippen molar-refractivity contribution < 1.29 is 19.0 Å². The molecule has 5 rings (SSSR count). The maximum Gasteiger partial charge on any atom is 0.261 e. The topological polar surface area (TPSA) is 109 Å². The number of fused-ring (bicyclic) bond motifs is 1. The van der Waals surface area contributed by atoms with E-state index in [4.69, 9.17) is 4.74 Å². The molecule has 1 saturated heterocycles. The number of carbonyl (C=O) groups excluding carboxylic acids is 1. The summed E-state index contributed by atoms with van der Waals surface area (Å²) in [6.07, 6.45) is 6.48. The number of piperidine rings is 1. The number of halogens is 1. The molecule has 0 unspecified atom stereocenters. The average molecular weight is 590 g/mol. The number of aromatic nitrogens is 4. The molecule has 2 N–H and O–H groups in total. The lowest BCUT2D eigenvalue weighted by molar-refractivity contribution is 0.0630. The summed E-state index contributed by atoms with van der Waals surface area (Å²) in [6, 6.07) is 9.10. The van der Waals surface area contributed by atoms with Crippen molar-refractivity contribution in [2.45, 2.75) is 44.8 Å². The van der Waals surface area contributed by atoms with Gasteiger partial charge in [-0.3, -0.25) is 20.1 Å². The van der Waals surface area contributed by atoms with Crippen LogP contribution in [0.4, 0.5) is 10.3 Å². The Labute approximate surface area is 251 Å². The van der Waals surface area contributed by atoms with Crippen LogP contribution in [0.1, 0.15) is 48.5 Å². The first-order valence-corrected chi connectivity index (χ1v) is 14.6. The quantitative estimate of drug-likeness (QED) is 0.280. The molecule has 11 heteroatoms. The SMILES string of the molecule is COc1ccncc1-c1nccc(C(=O)Nc2nc3ccc(C4CCN(CCN(C)C)CC4)cc3n2CC(C)(C)O)c1F. The molecular formula is C32H40FN7O3. The van der Waals surface area contributed by atoms with Gasteiger partial charge in [0.25, 0.3) is 5.91 Å². The van der Waals surface area contributed by atoms with Crippen molar-refractivity contribution >= 4 is 22.9 Å². The monoisotopic (exact) mass is 589 g/mol. The third kappa shape index (κ3) is 7.01. The van der Waals surface area contributed by atoms with Crippen LogP contribution < -0.4 is 10.1 Å². The summed E-state index contributed by atoms with van der Waals surface area (Å²) >= 11 is 0. The van der Waals surface area contributed by atoms with Crippen molar-refractivity contribution in [1.29, 1.82) is 0 Å². The maximum atomic E-state index is 15.7. The summed E-state index contributed by atoms with van der Waals surface area (Å²) in [4.78, 5) is 31.1. The normalized spacial score (nSPS) is 14.9. The smallest absolute Gasteiger partial charge is 0.261 e. The number of carbonyl (C=O) groups is 1. The van der Waals surface area contributed by atoms with Gasteiger partial charge < -0.3 is 24.2 Å². The number of imidazole rings is 1. The first-order chi connectivity index (χ1) is 20.5. The number of hydrogen-bond donors (Lipinski definition) is 2. The minimum Gasteiger partial charge on any atom is -0.496 e. The van der Waals surface area contributed by atoms with Crippen molar-refractivity contribution in [3.8, 4) is 17.0 Å². The molecule has 43 heavy (non-hydrogen) atoms. The first-order valence-electron chi connectivity index (χ1n) is 14.6. The van der Waals surface area contributed by atoms with Gasteiger partial charge in [-0.1, -0.05) is 6.07 Å². The predicted octanol–water partition coefficient (Wildman–Crippen LogP) is 4.41. The molecule has 4 aromatic rings. The number of benzene rings is 1. The number of likely N-dealkylation sites (tertiary alicyclic amines) is 1. The van der Waals surface area contributed by atoms with E-state index in [0.29, 0.717) is 22.7 Å². The highest BCUT2D eigenvalue weighted by Gasteiger charge is 2.26. The Morgan fingerprint density at radius 1 is 1.19 bits per heavy atom. The van der Waals surface area contributed by atoms with Crippen molar-refractivity contribution in [1.82, 2.24) is 29.3 Å². The predicted molar refractivity (Wildman–Crippen MR) is 165 cm³/mol. The van der Waals surface area contributed by atoms with Gasteiger partial charge in [-0.2, -0.15) is 0 Å². The summed E-state index contributed by atoms with van der Waals surface area (Å²) in [5, 5.41) is 13.6. The molecule has 1 aliphatic rings. The lowest BCUT2D eigenvalue weighted by Gasteiger charge is -2.32. The number of aliphatic hydroxyl groups is 1. The highest BCUT2D eigenvalue weighted by atomic mass is 19.1. The average Bonchev–Trinajstić information content (AvgIpc) is 3.30. The van der Waals surface area contributed by atoms with Crippen molar-refractivity contribution in [3.63, 3.8) is 0 Å². The molecule has 0 atom stereocenters. The third-order valence-electron chi connectivity index (χ3n) is 7.86. The van der Waals surface area contributed by atoms with Crippen LogP contribution in [-0.4, -0.2) is 93.3 Å². The van der Waals surface area contributed by atoms with E-state index in [0.717, 1.165) is 44.5 Å². The van der Waals surface area contributed by atoms with E-state index in [2.05, 4.69) is 56.3 Å². The fourth-order valence-electron chi connectivity index (χ4n) is 5.58. The maximum absolute atomic E-state index is 15.7. The molecule has 10 nitrogen and oxygen atoms in total. The summed E-state index contributed by atoms with van der Waals surface area (Å²) in [5.41, 5.74) is 1.71. The Morgan fingerprint density at radius 3 is 2.65 bits per heavy atom. The minimum absolute atomic E-state index is 0.0417. The van der Waals surface area contributed by atoms with Crippen molar-refractivity contribution in [3.05, 3.63) is 65.9 Å². The van der Waals surface area contributed by atoms with E-state index >= 15 is 4.39 Å². The number of likely N-dealkylation sites (N-methyl/N-ethyl adjacent to an activating group) is 1. The Kier molecular flexibility index (Phi) is 9.05. The molecule has 0 radical (unpaired) electrons. The standard InChI is InChI=1S/C32H40FN7O3/c1-32(2,42)20-40-26-18-22(21-10-14-39(15-11-21)17-16-38(3)4)6-7-25(26)36-31(40)37-30(41)23-8-13-35-29(28(23)33)24-19-34-12-9-27(24)43-5/h6-9,12-13,18-19,21,42H,10-11,14-17,20H2,1-5H3,(H,36,37,41). The minimum atomic E-state index is -1.09. The Balaban J connectivity index is 1.43. The molecule has 3 aromatic heterocycles. The van der Waals surface area contributed by atoms with Gasteiger partial charge in [-0.25, -0.2) is 9.37 Å². The number of pyridine rings is 2. The number of ether oxygens (including phenoxy) is 1. The number of nitrogens with zero attached hydrogens (tertiary/aromatic N) is 6. The van der Waals surface area contributed by atoms with Crippen LogP contribution in [0.3, 0.4) is 0 Å². The number of rotatable bonds is 10. The zero-order chi connectivity index (χ0) is 30.7. The zero-order valence-electron chi connectivity index (χ0n) is 25.5. The highest BCUT2D eigenvalue weighted by molar-refractivity contribution is 6.05. The van der Waals surface area contributed by atoms with E-state index in [1.807, 2.05) is 6.07 Å². The second-order valence-electron chi connectivity index (χ2n) is 12.1. The summed E-state index contributed by atoms with van der Waals surface area (Å²) in [7, 11) is 5.67. The van der Waals surface area contributed by atoms with Crippen LogP contribution in [0.25, 0.3) is 22.3 Å². The van der Waals surface area contributed by atoms with Crippen LogP contribution >= 0.6 is 0 Å². The summed E-state index contributed by atoms with van der Waals surface area (Å²) in [5.74, 6) is -0.440. The van der Waals surface area contributed by atoms with Gasteiger partial charge in [0.05, 0.1) is 41.4 Å². The molecule has 0 aliphatic carbocycles. The van der Waals surface area contributed by atoms with E-state index in [1.54, 1.807) is 24.5 Å². The van der Waals surface area contributed by atoms with Crippen molar-refractivity contribution in [2.75, 3.05) is 52.7 Å². The van der Waals surface area contributed by atoms with Gasteiger partial charge in [0.2, 0.25) is 5.95 Å². The Hall–Kier alpha value is -3.93. The lowest BCUT2D eigenvalue weighted by atomic mass is 9.89. The fourth-order valence-corrected chi connectivity index (χ4v) is 5.58. The lowest BCUT2D eigenvalue weighted by Crippen LogP contribution is -2.37. The van der Waals surface area contributed by atoms with Gasteiger partial charge in [0.1, 0.15) is 11.4 Å². The van der Waals surface area contributed by atoms with Gasteiger partial charge in [0.15, 0.2) is 5.82 Å². The summed E-state index contributed by atoms with van der Waals surface area (Å²) in [6.45, 7) is 7.79. The number of amides is 1. The van der Waals surface area contributed by atoms with Gasteiger partial charge in [-0.15, -0.1) is 0 Å². The Bertz CT molecular complexity index is 1590. The number of anilines is 1.